The summed E-state index contributed by atoms with van der Waals surface area (Å²) in [6, 6.07) is 0. The van der Waals surface area contributed by atoms with E-state index in [1.54, 1.807) is 0 Å². The van der Waals surface area contributed by atoms with E-state index in [-0.39, 0.29) is 26.4 Å². The van der Waals surface area contributed by atoms with E-state index in [1.807, 2.05) is 0 Å². The highest BCUT2D eigenvalue weighted by Gasteiger charge is 2.01. The Hall–Kier alpha value is -3.40. The third kappa shape index (κ3) is 120. The zero-order valence-electron chi connectivity index (χ0n) is 60.3. The van der Waals surface area contributed by atoms with Gasteiger partial charge in [-0.25, -0.2) is 0 Å². The number of aliphatic hydroxyl groups is 6. The third-order valence-corrected chi connectivity index (χ3v) is 15.5. The fraction of sp³-hybridized carbons (Fsp3) is 0.846. The molecule has 0 aliphatic carbocycles. The molecule has 0 rings (SSSR count). The smallest absolute Gasteiger partial charge is 0.303 e. The molecule has 14 nitrogen and oxygen atoms in total. The van der Waals surface area contributed by atoms with Gasteiger partial charge in [-0.05, 0) is 128 Å². The van der Waals surface area contributed by atoms with Crippen LogP contribution in [0.4, 0.5) is 0 Å². The molecule has 0 amide bonds. The van der Waals surface area contributed by atoms with Gasteiger partial charge in [-0.2, -0.15) is 0 Å². The summed E-state index contributed by atoms with van der Waals surface area (Å²) in [6.07, 6.45) is 83.1. The van der Waals surface area contributed by atoms with Crippen molar-refractivity contribution in [3.63, 3.8) is 0 Å². The summed E-state index contributed by atoms with van der Waals surface area (Å²) in [5.74, 6) is -2.66. The molecular formula is C78H152O14. The Bertz CT molecular complexity index is 1300. The fourth-order valence-electron chi connectivity index (χ4n) is 9.50. The van der Waals surface area contributed by atoms with Gasteiger partial charge in [0.25, 0.3) is 0 Å². The molecule has 0 bridgehead atoms. The van der Waals surface area contributed by atoms with Crippen LogP contribution in [0.1, 0.15) is 387 Å². The number of aliphatic carboxylic acids is 4. The first-order valence-electron chi connectivity index (χ1n) is 38.0. The van der Waals surface area contributed by atoms with Crippen LogP contribution in [0.2, 0.25) is 0 Å². The van der Waals surface area contributed by atoms with Crippen LogP contribution in [0.3, 0.4) is 0 Å². The van der Waals surface area contributed by atoms with Crippen LogP contribution in [0.15, 0.2) is 48.6 Å². The van der Waals surface area contributed by atoms with Gasteiger partial charge in [-0.3, -0.25) is 19.2 Å². The summed E-state index contributed by atoms with van der Waals surface area (Å²) >= 11 is 0. The highest BCUT2D eigenvalue weighted by molar-refractivity contribution is 5.67. The van der Waals surface area contributed by atoms with Gasteiger partial charge in [0.2, 0.25) is 0 Å². The van der Waals surface area contributed by atoms with Gasteiger partial charge < -0.3 is 51.1 Å². The van der Waals surface area contributed by atoms with Crippen LogP contribution in [0, 0.1) is 0 Å². The van der Waals surface area contributed by atoms with Crippen molar-refractivity contribution in [2.24, 2.45) is 0 Å². The summed E-state index contributed by atoms with van der Waals surface area (Å²) in [5.41, 5.74) is 0. The molecule has 0 aliphatic rings. The average Bonchev–Trinajstić information content (AvgIpc) is 3.55. The van der Waals surface area contributed by atoms with E-state index < -0.39 is 36.1 Å². The lowest BCUT2D eigenvalue weighted by Crippen LogP contribution is -2.15. The fourth-order valence-corrected chi connectivity index (χ4v) is 9.50. The van der Waals surface area contributed by atoms with Gasteiger partial charge in [0.15, 0.2) is 0 Å². The van der Waals surface area contributed by atoms with E-state index >= 15 is 0 Å². The molecule has 0 heterocycles. The van der Waals surface area contributed by atoms with E-state index in [9.17, 15) is 19.2 Å². The average molecular weight is 1310 g/mol. The molecule has 10 N–H and O–H groups in total. The van der Waals surface area contributed by atoms with Crippen molar-refractivity contribution in [3.8, 4) is 0 Å². The summed E-state index contributed by atoms with van der Waals surface area (Å²) < 4.78 is 0. The Morgan fingerprint density at radius 1 is 0.217 bits per heavy atom. The van der Waals surface area contributed by atoms with Gasteiger partial charge in [0.05, 0.1) is 26.4 Å². The van der Waals surface area contributed by atoms with Gasteiger partial charge in [0, 0.05) is 25.7 Å². The zero-order valence-corrected chi connectivity index (χ0v) is 60.3. The Labute approximate surface area is 566 Å². The SMILES string of the molecule is CCCCCCCC/C=C\CCCCCCCC(=O)O.CCCCCCCC/C=C\CCCCCCCC(=O)O.CCCCCCCC/C=C\CCCCCCCC(=O)O.CCCCCCCC/C=C\CCCCCCCC(=O)O.OCC(O)CO.OCC(O)CO. The largest absolute Gasteiger partial charge is 0.481 e. The van der Waals surface area contributed by atoms with E-state index in [0.717, 1.165) is 51.4 Å². The summed E-state index contributed by atoms with van der Waals surface area (Å²) in [5, 5.41) is 82.1. The number of aliphatic hydroxyl groups excluding tert-OH is 6. The molecule has 0 fully saturated rings. The van der Waals surface area contributed by atoms with Crippen molar-refractivity contribution >= 4 is 23.9 Å². The molecule has 0 saturated heterocycles. The maximum absolute atomic E-state index is 10.3. The van der Waals surface area contributed by atoms with Crippen LogP contribution in [-0.2, 0) is 19.2 Å². The second kappa shape index (κ2) is 96.3. The second-order valence-corrected chi connectivity index (χ2v) is 25.0. The lowest BCUT2D eigenvalue weighted by molar-refractivity contribution is -0.138. The molecule has 548 valence electrons. The Morgan fingerprint density at radius 3 is 0.446 bits per heavy atom. The number of hydrogen-bond donors (Lipinski definition) is 10. The van der Waals surface area contributed by atoms with Crippen LogP contribution >= 0.6 is 0 Å². The molecule has 0 atom stereocenters. The van der Waals surface area contributed by atoms with Gasteiger partial charge in [-0.1, -0.05) is 282 Å². The number of carbonyl (C=O) groups is 4. The normalized spacial score (nSPS) is 11.1. The van der Waals surface area contributed by atoms with Gasteiger partial charge in [-0.15, -0.1) is 0 Å². The molecule has 0 aromatic carbocycles. The van der Waals surface area contributed by atoms with Crippen molar-refractivity contribution in [1.29, 1.82) is 0 Å². The monoisotopic (exact) mass is 1310 g/mol. The summed E-state index contributed by atoms with van der Waals surface area (Å²) in [4.78, 5) is 41.3. The number of unbranched alkanes of at least 4 members (excludes halogenated alkanes) is 44. The molecule has 0 saturated carbocycles. The molecule has 0 unspecified atom stereocenters. The van der Waals surface area contributed by atoms with Crippen molar-refractivity contribution in [2.45, 2.75) is 399 Å². The lowest BCUT2D eigenvalue weighted by atomic mass is 10.1. The molecule has 0 aromatic heterocycles. The van der Waals surface area contributed by atoms with Crippen molar-refractivity contribution in [1.82, 2.24) is 0 Å². The maximum atomic E-state index is 10.3. The predicted molar refractivity (Wildman–Crippen MR) is 389 cm³/mol. The first-order valence-corrected chi connectivity index (χ1v) is 38.0. The van der Waals surface area contributed by atoms with Crippen LogP contribution in [-0.4, -0.2) is 114 Å². The summed E-state index contributed by atoms with van der Waals surface area (Å²) in [6.45, 7) is 7.58. The number of hydrogen-bond acceptors (Lipinski definition) is 10. The minimum absolute atomic E-state index is 0.332. The van der Waals surface area contributed by atoms with Gasteiger partial charge >= 0.3 is 23.9 Å². The molecule has 0 spiro atoms. The molecule has 14 heteroatoms. The number of carboxylic acid groups (broad SMARTS) is 4. The Kier molecular flexibility index (Phi) is 104. The Balaban J connectivity index is -0.000000252. The standard InChI is InChI=1S/4C18H34O2.2C3H8O3/c4*1-2-3-4-5-6-7-8-9-10-11-12-13-14-15-16-17-18(19)20;2*4-1-3(6)2-5/h4*9-10H,2-8,11-17H2,1H3,(H,19,20);2*3-6H,1-2H2/b4*10-9-;;. The number of rotatable bonds is 64. The Morgan fingerprint density at radius 2 is 0.337 bits per heavy atom. The molecule has 0 aliphatic heterocycles. The maximum Gasteiger partial charge on any atom is 0.303 e. The minimum atomic E-state index is -0.954. The first-order chi connectivity index (χ1) is 44.7. The van der Waals surface area contributed by atoms with Gasteiger partial charge in [0.1, 0.15) is 12.2 Å². The first kappa shape index (κ1) is 99.7. The zero-order chi connectivity index (χ0) is 69.5. The number of carboxylic acids is 4. The highest BCUT2D eigenvalue weighted by atomic mass is 16.4. The van der Waals surface area contributed by atoms with E-state index in [0.29, 0.717) is 25.7 Å². The van der Waals surface area contributed by atoms with Crippen molar-refractivity contribution in [3.05, 3.63) is 48.6 Å². The van der Waals surface area contributed by atoms with Crippen molar-refractivity contribution in [2.75, 3.05) is 26.4 Å². The molecule has 0 radical (unpaired) electrons. The summed E-state index contributed by atoms with van der Waals surface area (Å²) in [7, 11) is 0. The molecular weight excluding hydrogens is 1160 g/mol. The quantitative estimate of drug-likeness (QED) is 0.0200. The minimum Gasteiger partial charge on any atom is -0.481 e. The van der Waals surface area contributed by atoms with E-state index in [1.165, 1.54) is 283 Å². The lowest BCUT2D eigenvalue weighted by Gasteiger charge is -1.99. The topological polar surface area (TPSA) is 271 Å². The van der Waals surface area contributed by atoms with E-state index in [4.69, 9.17) is 51.1 Å². The second-order valence-electron chi connectivity index (χ2n) is 25.0. The van der Waals surface area contributed by atoms with Crippen molar-refractivity contribution < 1.29 is 70.2 Å². The van der Waals surface area contributed by atoms with E-state index in [2.05, 4.69) is 76.3 Å². The van der Waals surface area contributed by atoms with Crippen LogP contribution < -0.4 is 0 Å². The van der Waals surface area contributed by atoms with Crippen LogP contribution in [0.25, 0.3) is 0 Å². The number of allylic oxidation sites excluding steroid dienone is 8. The molecule has 0 aromatic rings. The van der Waals surface area contributed by atoms with Crippen LogP contribution in [0.5, 0.6) is 0 Å². The molecule has 92 heavy (non-hydrogen) atoms. The highest BCUT2D eigenvalue weighted by Crippen LogP contribution is 2.15. The predicted octanol–water partition coefficient (Wildman–Crippen LogP) is 21.1. The third-order valence-electron chi connectivity index (χ3n) is 15.5.